The van der Waals surface area contributed by atoms with Gasteiger partial charge in [-0.25, -0.2) is 0 Å². The van der Waals surface area contributed by atoms with E-state index in [4.69, 9.17) is 21.1 Å². The zero-order valence-corrected chi connectivity index (χ0v) is 17.4. The molecule has 1 heterocycles. The van der Waals surface area contributed by atoms with Crippen LogP contribution >= 0.6 is 11.6 Å². The van der Waals surface area contributed by atoms with Crippen LogP contribution in [0.2, 0.25) is 5.02 Å². The molecule has 1 N–H and O–H groups in total. The first-order valence-corrected chi connectivity index (χ1v) is 9.75. The molecule has 1 amide bonds. The number of hydrogen-bond donors (Lipinski definition) is 1. The normalized spacial score (nSPS) is 14.8. The maximum absolute atomic E-state index is 12.1. The van der Waals surface area contributed by atoms with Gasteiger partial charge in [0, 0.05) is 26.2 Å². The van der Waals surface area contributed by atoms with Crippen molar-refractivity contribution in [3.05, 3.63) is 53.1 Å². The number of likely N-dealkylation sites (N-methyl/N-ethyl adjacent to an activating group) is 1. The predicted octanol–water partition coefficient (Wildman–Crippen LogP) is 2.95. The number of methoxy groups -OCH3 is 1. The third-order valence-electron chi connectivity index (χ3n) is 4.54. The van der Waals surface area contributed by atoms with Gasteiger partial charge in [0.15, 0.2) is 18.1 Å². The van der Waals surface area contributed by atoms with Gasteiger partial charge in [-0.05, 0) is 42.9 Å². The Bertz CT molecular complexity index is 867. The number of rotatable bonds is 7. The fraction of sp³-hybridized carbons (Fsp3) is 0.333. The van der Waals surface area contributed by atoms with Crippen molar-refractivity contribution >= 4 is 29.4 Å². The molecule has 0 saturated carbocycles. The molecule has 3 rings (SSSR count). The van der Waals surface area contributed by atoms with Crippen molar-refractivity contribution in [2.24, 2.45) is 5.10 Å². The van der Waals surface area contributed by atoms with Crippen molar-refractivity contribution < 1.29 is 14.3 Å². The quantitative estimate of drug-likeness (QED) is 0.703. The lowest BCUT2D eigenvalue weighted by Gasteiger charge is -2.30. The van der Waals surface area contributed by atoms with Crippen molar-refractivity contribution in [2.75, 3.05) is 52.3 Å². The van der Waals surface area contributed by atoms with E-state index in [1.165, 1.54) is 0 Å². The van der Waals surface area contributed by atoms with Gasteiger partial charge < -0.3 is 19.7 Å². The molecule has 1 saturated heterocycles. The zero-order valence-electron chi connectivity index (χ0n) is 16.6. The summed E-state index contributed by atoms with van der Waals surface area (Å²) in [5, 5.41) is 9.78. The molecular weight excluding hydrogens is 392 g/mol. The summed E-state index contributed by atoms with van der Waals surface area (Å²) >= 11 is 6.05. The molecule has 2 aromatic rings. The van der Waals surface area contributed by atoms with Crippen LogP contribution in [-0.4, -0.2) is 69.0 Å². The topological polar surface area (TPSA) is 66.4 Å². The van der Waals surface area contributed by atoms with Crippen molar-refractivity contribution in [1.82, 2.24) is 9.91 Å². The minimum atomic E-state index is -0.305. The van der Waals surface area contributed by atoms with Crippen LogP contribution in [0.4, 0.5) is 5.69 Å². The Hall–Kier alpha value is -2.77. The van der Waals surface area contributed by atoms with E-state index in [2.05, 4.69) is 27.4 Å². The standard InChI is InChI=1S/C21H25ClN4O3/c1-25-9-11-26(12-10-25)23-14-16-7-8-19(20(13-16)28-2)29-15-21(27)24-18-6-4-3-5-17(18)22/h3-8,13-14H,9-12,15H2,1-2H3,(H,24,27)/b23-14-. The molecule has 0 spiro atoms. The van der Waals surface area contributed by atoms with E-state index in [0.29, 0.717) is 22.2 Å². The Morgan fingerprint density at radius 2 is 1.93 bits per heavy atom. The molecule has 154 valence electrons. The van der Waals surface area contributed by atoms with Crippen LogP contribution in [-0.2, 0) is 4.79 Å². The number of benzene rings is 2. The molecule has 0 unspecified atom stereocenters. The molecule has 2 aromatic carbocycles. The van der Waals surface area contributed by atoms with Gasteiger partial charge in [0.05, 0.1) is 24.0 Å². The second-order valence-corrected chi connectivity index (χ2v) is 7.14. The van der Waals surface area contributed by atoms with Gasteiger partial charge in [-0.1, -0.05) is 23.7 Å². The monoisotopic (exact) mass is 416 g/mol. The van der Waals surface area contributed by atoms with E-state index < -0.39 is 0 Å². The summed E-state index contributed by atoms with van der Waals surface area (Å²) in [5.41, 5.74) is 1.44. The van der Waals surface area contributed by atoms with E-state index >= 15 is 0 Å². The number of hydrazone groups is 1. The fourth-order valence-corrected chi connectivity index (χ4v) is 3.02. The number of carbonyl (C=O) groups excluding carboxylic acids is 1. The van der Waals surface area contributed by atoms with Gasteiger partial charge in [0.25, 0.3) is 5.91 Å². The lowest BCUT2D eigenvalue weighted by molar-refractivity contribution is -0.118. The van der Waals surface area contributed by atoms with Crippen LogP contribution in [0.3, 0.4) is 0 Å². The second-order valence-electron chi connectivity index (χ2n) is 6.73. The Labute approximate surface area is 175 Å². The molecule has 1 aliphatic rings. The molecule has 8 heteroatoms. The van der Waals surface area contributed by atoms with E-state index in [1.807, 2.05) is 18.3 Å². The van der Waals surface area contributed by atoms with Gasteiger partial charge in [-0.2, -0.15) is 5.10 Å². The molecule has 7 nitrogen and oxygen atoms in total. The van der Waals surface area contributed by atoms with Crippen molar-refractivity contribution in [3.8, 4) is 11.5 Å². The number of amides is 1. The molecule has 0 bridgehead atoms. The number of para-hydroxylation sites is 1. The highest BCUT2D eigenvalue weighted by Crippen LogP contribution is 2.28. The summed E-state index contributed by atoms with van der Waals surface area (Å²) < 4.78 is 11.0. The molecule has 1 fully saturated rings. The number of piperazine rings is 1. The van der Waals surface area contributed by atoms with Crippen molar-refractivity contribution in [3.63, 3.8) is 0 Å². The summed E-state index contributed by atoms with van der Waals surface area (Å²) in [6, 6.07) is 12.5. The van der Waals surface area contributed by atoms with E-state index in [0.717, 1.165) is 31.7 Å². The highest BCUT2D eigenvalue weighted by molar-refractivity contribution is 6.33. The van der Waals surface area contributed by atoms with Crippen LogP contribution < -0.4 is 14.8 Å². The maximum Gasteiger partial charge on any atom is 0.262 e. The molecular formula is C21H25ClN4O3. The first-order chi connectivity index (χ1) is 14.0. The minimum Gasteiger partial charge on any atom is -0.493 e. The minimum absolute atomic E-state index is 0.156. The van der Waals surface area contributed by atoms with Crippen molar-refractivity contribution in [1.29, 1.82) is 0 Å². The van der Waals surface area contributed by atoms with E-state index in [-0.39, 0.29) is 12.5 Å². The molecule has 0 aliphatic carbocycles. The number of ether oxygens (including phenoxy) is 2. The smallest absolute Gasteiger partial charge is 0.262 e. The van der Waals surface area contributed by atoms with Gasteiger partial charge in [-0.3, -0.25) is 9.80 Å². The van der Waals surface area contributed by atoms with E-state index in [1.54, 1.807) is 37.4 Å². The first kappa shape index (κ1) is 21.0. The number of hydrogen-bond acceptors (Lipinski definition) is 6. The number of carbonyl (C=O) groups is 1. The van der Waals surface area contributed by atoms with Crippen LogP contribution in [0.5, 0.6) is 11.5 Å². The molecule has 29 heavy (non-hydrogen) atoms. The summed E-state index contributed by atoms with van der Waals surface area (Å²) in [6.45, 7) is 3.67. The largest absolute Gasteiger partial charge is 0.493 e. The van der Waals surface area contributed by atoms with Crippen LogP contribution in [0, 0.1) is 0 Å². The number of halogens is 1. The molecule has 0 atom stereocenters. The fourth-order valence-electron chi connectivity index (χ4n) is 2.84. The Morgan fingerprint density at radius 3 is 2.66 bits per heavy atom. The Morgan fingerprint density at radius 1 is 1.17 bits per heavy atom. The third kappa shape index (κ3) is 6.10. The van der Waals surface area contributed by atoms with Gasteiger partial charge in [0.2, 0.25) is 0 Å². The lowest BCUT2D eigenvalue weighted by atomic mass is 10.2. The summed E-state index contributed by atoms with van der Waals surface area (Å²) in [7, 11) is 3.67. The number of nitrogens with zero attached hydrogens (tertiary/aromatic N) is 3. The molecule has 0 aromatic heterocycles. The van der Waals surface area contributed by atoms with Crippen LogP contribution in [0.15, 0.2) is 47.6 Å². The second kappa shape index (κ2) is 10.1. The number of nitrogens with one attached hydrogen (secondary N) is 1. The number of anilines is 1. The average molecular weight is 417 g/mol. The third-order valence-corrected chi connectivity index (χ3v) is 4.87. The SMILES string of the molecule is COc1cc(/C=N\N2CCN(C)CC2)ccc1OCC(=O)Nc1ccccc1Cl. The lowest BCUT2D eigenvalue weighted by Crippen LogP contribution is -2.41. The van der Waals surface area contributed by atoms with E-state index in [9.17, 15) is 4.79 Å². The average Bonchev–Trinajstić information content (AvgIpc) is 2.73. The maximum atomic E-state index is 12.1. The Kier molecular flexibility index (Phi) is 7.32. The highest BCUT2D eigenvalue weighted by atomic mass is 35.5. The summed E-state index contributed by atoms with van der Waals surface area (Å²) in [4.78, 5) is 14.4. The van der Waals surface area contributed by atoms with Crippen LogP contribution in [0.25, 0.3) is 0 Å². The van der Waals surface area contributed by atoms with Gasteiger partial charge >= 0.3 is 0 Å². The first-order valence-electron chi connectivity index (χ1n) is 9.38. The zero-order chi connectivity index (χ0) is 20.6. The highest BCUT2D eigenvalue weighted by Gasteiger charge is 2.12. The summed E-state index contributed by atoms with van der Waals surface area (Å²) in [5.74, 6) is 0.720. The molecule has 0 radical (unpaired) electrons. The van der Waals surface area contributed by atoms with Gasteiger partial charge in [0.1, 0.15) is 0 Å². The molecule has 1 aliphatic heterocycles. The Balaban J connectivity index is 1.57. The van der Waals surface area contributed by atoms with Crippen LogP contribution in [0.1, 0.15) is 5.56 Å². The predicted molar refractivity (Wildman–Crippen MR) is 115 cm³/mol. The van der Waals surface area contributed by atoms with Crippen molar-refractivity contribution in [2.45, 2.75) is 0 Å². The van der Waals surface area contributed by atoms with Gasteiger partial charge in [-0.15, -0.1) is 0 Å². The summed E-state index contributed by atoms with van der Waals surface area (Å²) in [6.07, 6.45) is 1.81.